The van der Waals surface area contributed by atoms with Crippen LogP contribution in [0.5, 0.6) is 0 Å². The first-order chi connectivity index (χ1) is 13.4. The number of aromatic nitrogens is 2. The van der Waals surface area contributed by atoms with Gasteiger partial charge in [-0.1, -0.05) is 26.7 Å². The Labute approximate surface area is 166 Å². The highest BCUT2D eigenvalue weighted by Gasteiger charge is 2.20. The van der Waals surface area contributed by atoms with E-state index in [4.69, 9.17) is 0 Å². The maximum atomic E-state index is 12.8. The molecule has 0 unspecified atom stereocenters. The fraction of sp³-hybridized carbons (Fsp3) is 0.500. The van der Waals surface area contributed by atoms with Crippen LogP contribution in [0.4, 0.5) is 5.69 Å². The number of carbonyl (C=O) groups is 2. The standard InChI is InChI=1S/C22H30N4O2/c1-5-26-20(13-19(25-26)14(2)3)22(28)24-18-11-10-16(12-15(18)4)21(27)23-17-8-6-7-9-17/h10-14,17H,5-9H2,1-4H3,(H,23,27)(H,24,28). The Morgan fingerprint density at radius 2 is 1.89 bits per heavy atom. The van der Waals surface area contributed by atoms with Crippen molar-refractivity contribution in [2.75, 3.05) is 5.32 Å². The summed E-state index contributed by atoms with van der Waals surface area (Å²) in [6, 6.07) is 7.53. The van der Waals surface area contributed by atoms with Crippen LogP contribution in [0.25, 0.3) is 0 Å². The summed E-state index contributed by atoms with van der Waals surface area (Å²) in [5.41, 5.74) is 3.65. The van der Waals surface area contributed by atoms with Crippen molar-refractivity contribution < 1.29 is 9.59 Å². The molecule has 1 fully saturated rings. The quantitative estimate of drug-likeness (QED) is 0.784. The lowest BCUT2D eigenvalue weighted by Crippen LogP contribution is -2.32. The fourth-order valence-electron chi connectivity index (χ4n) is 3.61. The van der Waals surface area contributed by atoms with E-state index in [9.17, 15) is 9.59 Å². The van der Waals surface area contributed by atoms with Gasteiger partial charge in [0.2, 0.25) is 0 Å². The van der Waals surface area contributed by atoms with Gasteiger partial charge in [0, 0.05) is 23.8 Å². The third kappa shape index (κ3) is 4.43. The first-order valence-corrected chi connectivity index (χ1v) is 10.2. The molecule has 6 heteroatoms. The number of anilines is 1. The van der Waals surface area contributed by atoms with Gasteiger partial charge < -0.3 is 10.6 Å². The lowest BCUT2D eigenvalue weighted by Gasteiger charge is -2.14. The van der Waals surface area contributed by atoms with E-state index in [1.807, 2.05) is 26.0 Å². The summed E-state index contributed by atoms with van der Waals surface area (Å²) in [6.45, 7) is 8.62. The number of benzene rings is 1. The number of nitrogens with zero attached hydrogens (tertiary/aromatic N) is 2. The molecule has 2 N–H and O–H groups in total. The second kappa shape index (κ2) is 8.59. The van der Waals surface area contributed by atoms with Crippen LogP contribution in [0.3, 0.4) is 0 Å². The van der Waals surface area contributed by atoms with E-state index in [0.29, 0.717) is 23.5 Å². The van der Waals surface area contributed by atoms with Crippen molar-refractivity contribution in [1.82, 2.24) is 15.1 Å². The molecule has 6 nitrogen and oxygen atoms in total. The molecule has 1 heterocycles. The average molecular weight is 383 g/mol. The van der Waals surface area contributed by atoms with Crippen LogP contribution in [0, 0.1) is 6.92 Å². The molecule has 2 amide bonds. The number of carbonyl (C=O) groups excluding carboxylic acids is 2. The number of aryl methyl sites for hydroxylation is 2. The van der Waals surface area contributed by atoms with Gasteiger partial charge in [0.1, 0.15) is 5.69 Å². The summed E-state index contributed by atoms with van der Waals surface area (Å²) in [5, 5.41) is 10.6. The highest BCUT2D eigenvalue weighted by Crippen LogP contribution is 2.21. The molecular weight excluding hydrogens is 352 g/mol. The topological polar surface area (TPSA) is 76.0 Å². The number of nitrogens with one attached hydrogen (secondary N) is 2. The van der Waals surface area contributed by atoms with E-state index < -0.39 is 0 Å². The molecule has 0 atom stereocenters. The van der Waals surface area contributed by atoms with Gasteiger partial charge >= 0.3 is 0 Å². The second-order valence-electron chi connectivity index (χ2n) is 7.86. The number of amides is 2. The number of hydrogen-bond acceptors (Lipinski definition) is 3. The van der Waals surface area contributed by atoms with Crippen LogP contribution in [0.1, 0.15) is 84.5 Å². The minimum absolute atomic E-state index is 0.0430. The molecule has 0 saturated heterocycles. The van der Waals surface area contributed by atoms with E-state index in [1.54, 1.807) is 16.8 Å². The third-order valence-corrected chi connectivity index (χ3v) is 5.35. The Balaban J connectivity index is 1.72. The Morgan fingerprint density at radius 1 is 1.18 bits per heavy atom. The first-order valence-electron chi connectivity index (χ1n) is 10.2. The number of hydrogen-bond donors (Lipinski definition) is 2. The van der Waals surface area contributed by atoms with Crippen molar-refractivity contribution in [3.8, 4) is 0 Å². The SMILES string of the molecule is CCn1nc(C(C)C)cc1C(=O)Nc1ccc(C(=O)NC2CCCC2)cc1C. The van der Waals surface area contributed by atoms with Gasteiger partial charge in [-0.05, 0) is 62.4 Å². The summed E-state index contributed by atoms with van der Waals surface area (Å²) in [7, 11) is 0. The molecule has 1 aliphatic rings. The summed E-state index contributed by atoms with van der Waals surface area (Å²) in [5.74, 6) is 0.0322. The van der Waals surface area contributed by atoms with Gasteiger partial charge in [0.25, 0.3) is 11.8 Å². The largest absolute Gasteiger partial charge is 0.349 e. The van der Waals surface area contributed by atoms with Crippen molar-refractivity contribution in [2.45, 2.75) is 71.9 Å². The molecule has 0 radical (unpaired) electrons. The van der Waals surface area contributed by atoms with E-state index in [2.05, 4.69) is 29.6 Å². The van der Waals surface area contributed by atoms with Crippen molar-refractivity contribution in [3.63, 3.8) is 0 Å². The fourth-order valence-corrected chi connectivity index (χ4v) is 3.61. The molecule has 0 spiro atoms. The zero-order valence-electron chi connectivity index (χ0n) is 17.2. The van der Waals surface area contributed by atoms with Crippen molar-refractivity contribution >= 4 is 17.5 Å². The van der Waals surface area contributed by atoms with Crippen LogP contribution in [-0.2, 0) is 6.54 Å². The maximum absolute atomic E-state index is 12.8. The van der Waals surface area contributed by atoms with E-state index >= 15 is 0 Å². The Morgan fingerprint density at radius 3 is 2.50 bits per heavy atom. The predicted octanol–water partition coefficient (Wildman–Crippen LogP) is 4.26. The van der Waals surface area contributed by atoms with Gasteiger partial charge in [0.15, 0.2) is 0 Å². The van der Waals surface area contributed by atoms with E-state index in [-0.39, 0.29) is 23.8 Å². The molecule has 1 aromatic heterocycles. The minimum Gasteiger partial charge on any atom is -0.349 e. The zero-order chi connectivity index (χ0) is 20.3. The van der Waals surface area contributed by atoms with Gasteiger partial charge in [-0.2, -0.15) is 5.10 Å². The molecule has 28 heavy (non-hydrogen) atoms. The second-order valence-corrected chi connectivity index (χ2v) is 7.86. The van der Waals surface area contributed by atoms with Gasteiger partial charge in [-0.25, -0.2) is 0 Å². The molecule has 1 saturated carbocycles. The minimum atomic E-state index is -0.187. The Hall–Kier alpha value is -2.63. The summed E-state index contributed by atoms with van der Waals surface area (Å²) in [4.78, 5) is 25.2. The smallest absolute Gasteiger partial charge is 0.273 e. The third-order valence-electron chi connectivity index (χ3n) is 5.35. The van der Waals surface area contributed by atoms with E-state index in [0.717, 1.165) is 24.1 Å². The molecule has 2 aromatic rings. The van der Waals surface area contributed by atoms with Crippen molar-refractivity contribution in [3.05, 3.63) is 46.8 Å². The van der Waals surface area contributed by atoms with Gasteiger partial charge in [-0.3, -0.25) is 14.3 Å². The van der Waals surface area contributed by atoms with Crippen molar-refractivity contribution in [1.29, 1.82) is 0 Å². The van der Waals surface area contributed by atoms with Crippen LogP contribution < -0.4 is 10.6 Å². The van der Waals surface area contributed by atoms with E-state index in [1.165, 1.54) is 12.8 Å². The zero-order valence-corrected chi connectivity index (χ0v) is 17.2. The molecule has 0 aliphatic heterocycles. The molecule has 1 aliphatic carbocycles. The predicted molar refractivity (Wildman–Crippen MR) is 111 cm³/mol. The number of rotatable bonds is 6. The highest BCUT2D eigenvalue weighted by atomic mass is 16.2. The molecule has 3 rings (SSSR count). The maximum Gasteiger partial charge on any atom is 0.273 e. The van der Waals surface area contributed by atoms with Crippen LogP contribution in [0.15, 0.2) is 24.3 Å². The lowest BCUT2D eigenvalue weighted by molar-refractivity contribution is 0.0937. The van der Waals surface area contributed by atoms with Gasteiger partial charge in [-0.15, -0.1) is 0 Å². The summed E-state index contributed by atoms with van der Waals surface area (Å²) < 4.78 is 1.73. The highest BCUT2D eigenvalue weighted by molar-refractivity contribution is 6.04. The van der Waals surface area contributed by atoms with Crippen LogP contribution >= 0.6 is 0 Å². The van der Waals surface area contributed by atoms with Crippen LogP contribution in [0.2, 0.25) is 0 Å². The molecule has 1 aromatic carbocycles. The molecule has 150 valence electrons. The normalized spacial score (nSPS) is 14.5. The summed E-state index contributed by atoms with van der Waals surface area (Å²) in [6.07, 6.45) is 4.48. The Kier molecular flexibility index (Phi) is 6.17. The van der Waals surface area contributed by atoms with Gasteiger partial charge in [0.05, 0.1) is 5.69 Å². The molecule has 0 bridgehead atoms. The monoisotopic (exact) mass is 382 g/mol. The summed E-state index contributed by atoms with van der Waals surface area (Å²) >= 11 is 0. The van der Waals surface area contributed by atoms with Crippen LogP contribution in [-0.4, -0.2) is 27.6 Å². The Bertz CT molecular complexity index is 863. The average Bonchev–Trinajstić information content (AvgIpc) is 3.32. The molecular formula is C22H30N4O2. The lowest BCUT2D eigenvalue weighted by atomic mass is 10.1. The first kappa shape index (κ1) is 20.1. The van der Waals surface area contributed by atoms with Crippen molar-refractivity contribution in [2.24, 2.45) is 0 Å².